The molecule has 0 heterocycles. The molecule has 0 aromatic heterocycles. The summed E-state index contributed by atoms with van der Waals surface area (Å²) in [4.78, 5) is 28.4. The third-order valence-corrected chi connectivity index (χ3v) is 8.33. The van der Waals surface area contributed by atoms with Crippen LogP contribution in [0.2, 0.25) is 0 Å². The highest BCUT2D eigenvalue weighted by Crippen LogP contribution is 2.32. The predicted octanol–water partition coefficient (Wildman–Crippen LogP) is 5.43. The lowest BCUT2D eigenvalue weighted by Gasteiger charge is -2.32. The monoisotopic (exact) mass is 581 g/mol. The van der Waals surface area contributed by atoms with E-state index in [-0.39, 0.29) is 49.5 Å². The second kappa shape index (κ2) is 13.5. The van der Waals surface area contributed by atoms with Gasteiger partial charge in [0.25, 0.3) is 0 Å². The lowest BCUT2D eigenvalue weighted by Crippen LogP contribution is -2.51. The Hall–Kier alpha value is -3.08. The number of hydrogen-bond donors (Lipinski definition) is 1. The molecule has 0 spiro atoms. The number of hydrogen-bond acceptors (Lipinski definition) is 4. The maximum Gasteiger partial charge on any atom is 0.416 e. The van der Waals surface area contributed by atoms with Crippen LogP contribution in [0.5, 0.6) is 0 Å². The van der Waals surface area contributed by atoms with E-state index in [1.54, 1.807) is 0 Å². The van der Waals surface area contributed by atoms with Crippen molar-refractivity contribution in [2.45, 2.75) is 83.6 Å². The smallest absolute Gasteiger partial charge is 0.352 e. The van der Waals surface area contributed by atoms with E-state index in [9.17, 15) is 31.2 Å². The number of sulfonamides is 1. The predicted molar refractivity (Wildman–Crippen MR) is 149 cm³/mol. The van der Waals surface area contributed by atoms with Crippen molar-refractivity contribution in [1.29, 1.82) is 0 Å². The minimum atomic E-state index is -4.63. The fraction of sp³-hybridized carbons (Fsp3) is 0.517. The molecule has 1 saturated carbocycles. The number of anilines is 1. The van der Waals surface area contributed by atoms with E-state index in [0.717, 1.165) is 65.6 Å². The van der Waals surface area contributed by atoms with Crippen molar-refractivity contribution in [2.24, 2.45) is 0 Å². The topological polar surface area (TPSA) is 86.8 Å². The van der Waals surface area contributed by atoms with E-state index >= 15 is 0 Å². The van der Waals surface area contributed by atoms with Crippen molar-refractivity contribution < 1.29 is 31.2 Å². The van der Waals surface area contributed by atoms with Crippen LogP contribution >= 0.6 is 0 Å². The van der Waals surface area contributed by atoms with Crippen LogP contribution in [0.1, 0.15) is 68.6 Å². The van der Waals surface area contributed by atoms with Crippen LogP contribution in [0.25, 0.3) is 0 Å². The Balaban J connectivity index is 1.78. The first-order valence-corrected chi connectivity index (χ1v) is 15.4. The number of nitrogens with zero attached hydrogens (tertiary/aromatic N) is 2. The summed E-state index contributed by atoms with van der Waals surface area (Å²) in [6.45, 7) is 3.80. The number of halogens is 3. The molecule has 2 amide bonds. The number of carbonyl (C=O) groups excluding carboxylic acids is 2. The summed E-state index contributed by atoms with van der Waals surface area (Å²) < 4.78 is 65.5. The average molecular weight is 582 g/mol. The van der Waals surface area contributed by atoms with Gasteiger partial charge < -0.3 is 10.2 Å². The summed E-state index contributed by atoms with van der Waals surface area (Å²) >= 11 is 0. The van der Waals surface area contributed by atoms with E-state index in [4.69, 9.17) is 0 Å². The molecule has 2 aromatic carbocycles. The van der Waals surface area contributed by atoms with E-state index in [1.165, 1.54) is 11.0 Å². The number of amides is 2. The zero-order valence-corrected chi connectivity index (χ0v) is 24.0. The molecule has 0 aliphatic heterocycles. The van der Waals surface area contributed by atoms with E-state index < -0.39 is 27.8 Å². The highest BCUT2D eigenvalue weighted by molar-refractivity contribution is 7.92. The molecule has 2 aromatic rings. The molecule has 11 heteroatoms. The van der Waals surface area contributed by atoms with Crippen molar-refractivity contribution in [3.63, 3.8) is 0 Å². The minimum absolute atomic E-state index is 0.0626. The zero-order valence-electron chi connectivity index (χ0n) is 23.2. The van der Waals surface area contributed by atoms with Gasteiger partial charge in [-0.05, 0) is 56.4 Å². The second-order valence-corrected chi connectivity index (χ2v) is 12.3. The quantitative estimate of drug-likeness (QED) is 0.362. The lowest BCUT2D eigenvalue weighted by molar-refractivity contribution is -0.141. The summed E-state index contributed by atoms with van der Waals surface area (Å²) in [6, 6.07) is 11.1. The number of alkyl halides is 3. The van der Waals surface area contributed by atoms with Gasteiger partial charge in [0, 0.05) is 25.6 Å². The Kier molecular flexibility index (Phi) is 10.6. The van der Waals surface area contributed by atoms with Gasteiger partial charge >= 0.3 is 6.18 Å². The first kappa shape index (κ1) is 31.4. The fourth-order valence-electron chi connectivity index (χ4n) is 5.14. The Morgan fingerprint density at radius 3 is 2.35 bits per heavy atom. The molecule has 1 aliphatic carbocycles. The maximum atomic E-state index is 13.6. The van der Waals surface area contributed by atoms with Gasteiger partial charge in [0.1, 0.15) is 6.04 Å². The summed E-state index contributed by atoms with van der Waals surface area (Å²) in [5.41, 5.74) is 0.794. The Morgan fingerprint density at radius 1 is 1.07 bits per heavy atom. The third-order valence-electron chi connectivity index (χ3n) is 7.14. The first-order chi connectivity index (χ1) is 18.8. The van der Waals surface area contributed by atoms with E-state index in [2.05, 4.69) is 5.32 Å². The molecular formula is C29H38F3N3O4S. The molecule has 0 bridgehead atoms. The minimum Gasteiger partial charge on any atom is -0.352 e. The van der Waals surface area contributed by atoms with Crippen LogP contribution in [0.15, 0.2) is 48.5 Å². The number of benzene rings is 2. The van der Waals surface area contributed by atoms with Crippen molar-refractivity contribution >= 4 is 27.5 Å². The summed E-state index contributed by atoms with van der Waals surface area (Å²) in [5.74, 6) is -0.537. The van der Waals surface area contributed by atoms with E-state index in [1.807, 2.05) is 38.1 Å². The van der Waals surface area contributed by atoms with Crippen molar-refractivity contribution in [3.8, 4) is 0 Å². The van der Waals surface area contributed by atoms with Crippen LogP contribution in [0.3, 0.4) is 0 Å². The van der Waals surface area contributed by atoms with E-state index in [0.29, 0.717) is 6.42 Å². The molecule has 1 N–H and O–H groups in total. The Morgan fingerprint density at radius 2 is 1.75 bits per heavy atom. The van der Waals surface area contributed by atoms with Crippen LogP contribution < -0.4 is 9.62 Å². The zero-order chi connectivity index (χ0) is 29.5. The highest BCUT2D eigenvalue weighted by atomic mass is 32.2. The van der Waals surface area contributed by atoms with Gasteiger partial charge in [-0.1, -0.05) is 55.7 Å². The Bertz CT molecular complexity index is 1280. The number of rotatable bonds is 12. The normalized spacial score (nSPS) is 15.1. The fourth-order valence-corrected chi connectivity index (χ4v) is 6.09. The number of aryl methyl sites for hydroxylation is 1. The van der Waals surface area contributed by atoms with Gasteiger partial charge in [-0.25, -0.2) is 8.42 Å². The molecule has 1 fully saturated rings. The SMILES string of the molecule is CC[C@H](C(=O)NC1CCCC1)N(Cc1cccc(C)c1)C(=O)CCCN(c1cccc(C(F)(F)F)c1)S(C)(=O)=O. The molecule has 1 atom stereocenters. The van der Waals surface area contributed by atoms with Gasteiger partial charge in [0.15, 0.2) is 0 Å². The molecule has 40 heavy (non-hydrogen) atoms. The number of nitrogens with one attached hydrogen (secondary N) is 1. The molecule has 0 saturated heterocycles. The molecular weight excluding hydrogens is 543 g/mol. The van der Waals surface area contributed by atoms with Crippen LogP contribution in [0.4, 0.5) is 18.9 Å². The lowest BCUT2D eigenvalue weighted by atomic mass is 10.1. The third kappa shape index (κ3) is 8.71. The van der Waals surface area contributed by atoms with Crippen LogP contribution in [-0.4, -0.2) is 50.0 Å². The summed E-state index contributed by atoms with van der Waals surface area (Å²) in [7, 11) is -3.92. The largest absolute Gasteiger partial charge is 0.416 e. The van der Waals surface area contributed by atoms with Gasteiger partial charge in [0.2, 0.25) is 21.8 Å². The van der Waals surface area contributed by atoms with Gasteiger partial charge in [-0.2, -0.15) is 13.2 Å². The van der Waals surface area contributed by atoms with Crippen molar-refractivity contribution in [1.82, 2.24) is 10.2 Å². The summed E-state index contributed by atoms with van der Waals surface area (Å²) in [5, 5.41) is 3.08. The van der Waals surface area contributed by atoms with Crippen molar-refractivity contribution in [2.75, 3.05) is 17.1 Å². The van der Waals surface area contributed by atoms with Crippen molar-refractivity contribution in [3.05, 3.63) is 65.2 Å². The highest BCUT2D eigenvalue weighted by Gasteiger charge is 2.33. The first-order valence-electron chi connectivity index (χ1n) is 13.6. The van der Waals surface area contributed by atoms with Gasteiger partial charge in [-0.3, -0.25) is 13.9 Å². The molecule has 1 aliphatic rings. The molecule has 0 radical (unpaired) electrons. The van der Waals surface area contributed by atoms with Crippen LogP contribution in [0, 0.1) is 6.92 Å². The molecule has 7 nitrogen and oxygen atoms in total. The van der Waals surface area contributed by atoms with Crippen LogP contribution in [-0.2, 0) is 32.3 Å². The second-order valence-electron chi connectivity index (χ2n) is 10.4. The molecule has 3 rings (SSSR count). The van der Waals surface area contributed by atoms with Gasteiger partial charge in [0.05, 0.1) is 17.5 Å². The Labute approximate surface area is 234 Å². The maximum absolute atomic E-state index is 13.6. The molecule has 220 valence electrons. The number of carbonyl (C=O) groups is 2. The molecule has 0 unspecified atom stereocenters. The average Bonchev–Trinajstić information content (AvgIpc) is 3.38. The standard InChI is InChI=1S/C29H38F3N3O4S/c1-4-26(28(37)33-24-13-5-6-14-24)34(20-22-11-7-10-21(2)18-22)27(36)16-9-17-35(40(3,38)39)25-15-8-12-23(19-25)29(30,31)32/h7-8,10-12,15,18-19,24,26H,4-6,9,13-14,16-17,20H2,1-3H3,(H,33,37)/t26-/m1/s1. The van der Waals surface area contributed by atoms with Gasteiger partial charge in [-0.15, -0.1) is 0 Å². The summed E-state index contributed by atoms with van der Waals surface area (Å²) in [6.07, 6.45) is 0.592.